The summed E-state index contributed by atoms with van der Waals surface area (Å²) in [5, 5.41) is 18.6. The summed E-state index contributed by atoms with van der Waals surface area (Å²) in [5.41, 5.74) is 0.318. The third-order valence-electron chi connectivity index (χ3n) is 3.08. The molecule has 0 aromatic carbocycles. The maximum absolute atomic E-state index is 9.85. The Kier molecular flexibility index (Phi) is 3.58. The van der Waals surface area contributed by atoms with E-state index in [0.717, 1.165) is 18.4 Å². The van der Waals surface area contributed by atoms with Gasteiger partial charge in [-0.1, -0.05) is 12.2 Å². The van der Waals surface area contributed by atoms with Gasteiger partial charge < -0.3 is 5.11 Å². The molecule has 0 aliphatic heterocycles. The first-order valence-corrected chi connectivity index (χ1v) is 5.39. The number of aliphatic hydroxyl groups is 1. The number of hydrogen-bond donors (Lipinski definition) is 1. The second-order valence-electron chi connectivity index (χ2n) is 4.33. The summed E-state index contributed by atoms with van der Waals surface area (Å²) >= 11 is 5.61. The molecule has 1 N–H and O–H groups in total. The Balaban J connectivity index is 2.43. The fourth-order valence-electron chi connectivity index (χ4n) is 2.09. The van der Waals surface area contributed by atoms with Crippen LogP contribution in [-0.2, 0) is 0 Å². The standard InChI is InChI=1S/C11H16ClNO/c1-8(6-12)3-4-10-9(7-13)5-11(10,2)14/h9-10,14H,1,3-6H2,2H3/t9-,10-,11+/m1/s1. The molecule has 78 valence electrons. The maximum Gasteiger partial charge on any atom is 0.0673 e. The van der Waals surface area contributed by atoms with Crippen LogP contribution in [0.4, 0.5) is 0 Å². The SMILES string of the molecule is C=C(CCl)CC[C@@H]1[C@@H](C#N)C[C@]1(C)O. The Morgan fingerprint density at radius 1 is 1.79 bits per heavy atom. The molecule has 14 heavy (non-hydrogen) atoms. The number of nitrogens with zero attached hydrogens (tertiary/aromatic N) is 1. The average molecular weight is 214 g/mol. The van der Waals surface area contributed by atoms with Gasteiger partial charge in [0.05, 0.1) is 17.6 Å². The van der Waals surface area contributed by atoms with Crippen molar-refractivity contribution in [3.8, 4) is 6.07 Å². The van der Waals surface area contributed by atoms with Crippen LogP contribution in [0.3, 0.4) is 0 Å². The van der Waals surface area contributed by atoms with E-state index in [0.29, 0.717) is 12.3 Å². The highest BCUT2D eigenvalue weighted by atomic mass is 35.5. The first-order valence-electron chi connectivity index (χ1n) is 4.86. The van der Waals surface area contributed by atoms with E-state index in [1.165, 1.54) is 0 Å². The molecule has 0 unspecified atom stereocenters. The lowest BCUT2D eigenvalue weighted by atomic mass is 9.61. The lowest BCUT2D eigenvalue weighted by Gasteiger charge is -2.47. The highest BCUT2D eigenvalue weighted by Gasteiger charge is 2.49. The number of alkyl halides is 1. The smallest absolute Gasteiger partial charge is 0.0673 e. The van der Waals surface area contributed by atoms with Crippen LogP contribution in [0.2, 0.25) is 0 Å². The Morgan fingerprint density at radius 3 is 2.86 bits per heavy atom. The fourth-order valence-corrected chi connectivity index (χ4v) is 2.22. The summed E-state index contributed by atoms with van der Waals surface area (Å²) in [5.74, 6) is 0.562. The zero-order chi connectivity index (χ0) is 10.8. The van der Waals surface area contributed by atoms with Crippen molar-refractivity contribution in [3.05, 3.63) is 12.2 Å². The number of halogens is 1. The molecule has 0 bridgehead atoms. The molecule has 0 aromatic rings. The van der Waals surface area contributed by atoms with E-state index in [1.807, 2.05) is 0 Å². The molecule has 0 saturated heterocycles. The van der Waals surface area contributed by atoms with Gasteiger partial charge in [-0.2, -0.15) is 5.26 Å². The van der Waals surface area contributed by atoms with Crippen LogP contribution < -0.4 is 0 Å². The number of nitriles is 1. The molecule has 2 nitrogen and oxygen atoms in total. The normalized spacial score (nSPS) is 35.9. The third-order valence-corrected chi connectivity index (χ3v) is 3.46. The minimum Gasteiger partial charge on any atom is -0.390 e. The minimum atomic E-state index is -0.660. The van der Waals surface area contributed by atoms with Crippen molar-refractivity contribution in [3.63, 3.8) is 0 Å². The predicted molar refractivity (Wildman–Crippen MR) is 56.9 cm³/mol. The summed E-state index contributed by atoms with van der Waals surface area (Å²) in [6.07, 6.45) is 2.22. The zero-order valence-corrected chi connectivity index (χ0v) is 9.22. The van der Waals surface area contributed by atoms with Crippen molar-refractivity contribution in [1.82, 2.24) is 0 Å². The van der Waals surface area contributed by atoms with Gasteiger partial charge in [-0.25, -0.2) is 0 Å². The maximum atomic E-state index is 9.85. The average Bonchev–Trinajstić information content (AvgIpc) is 2.14. The van der Waals surface area contributed by atoms with Crippen molar-refractivity contribution in [2.24, 2.45) is 11.8 Å². The van der Waals surface area contributed by atoms with E-state index in [2.05, 4.69) is 12.6 Å². The fraction of sp³-hybridized carbons (Fsp3) is 0.727. The van der Waals surface area contributed by atoms with Crippen LogP contribution in [0.25, 0.3) is 0 Å². The molecular formula is C11H16ClNO. The van der Waals surface area contributed by atoms with Gasteiger partial charge >= 0.3 is 0 Å². The predicted octanol–water partition coefficient (Wildman–Crippen LogP) is 2.47. The molecule has 0 amide bonds. The summed E-state index contributed by atoms with van der Waals surface area (Å²) in [6, 6.07) is 2.23. The summed E-state index contributed by atoms with van der Waals surface area (Å²) in [7, 11) is 0. The second-order valence-corrected chi connectivity index (χ2v) is 4.59. The molecule has 0 heterocycles. The van der Waals surface area contributed by atoms with Crippen LogP contribution >= 0.6 is 11.6 Å². The lowest BCUT2D eigenvalue weighted by molar-refractivity contribution is -0.108. The molecule has 0 spiro atoms. The van der Waals surface area contributed by atoms with Gasteiger partial charge in [-0.3, -0.25) is 0 Å². The first-order chi connectivity index (χ1) is 6.51. The Labute approximate surface area is 90.2 Å². The van der Waals surface area contributed by atoms with Crippen molar-refractivity contribution in [1.29, 1.82) is 5.26 Å². The highest BCUT2D eigenvalue weighted by molar-refractivity contribution is 6.19. The molecule has 1 fully saturated rings. The quantitative estimate of drug-likeness (QED) is 0.576. The molecule has 3 heteroatoms. The van der Waals surface area contributed by atoms with Crippen LogP contribution in [0.15, 0.2) is 12.2 Å². The van der Waals surface area contributed by atoms with Gasteiger partial charge in [0.25, 0.3) is 0 Å². The summed E-state index contributed by atoms with van der Waals surface area (Å²) < 4.78 is 0. The number of allylic oxidation sites excluding steroid dienone is 1. The largest absolute Gasteiger partial charge is 0.390 e. The van der Waals surface area contributed by atoms with Crippen molar-refractivity contribution < 1.29 is 5.11 Å². The van der Waals surface area contributed by atoms with Crippen molar-refractivity contribution in [2.45, 2.75) is 31.8 Å². The molecule has 3 atom stereocenters. The van der Waals surface area contributed by atoms with Crippen molar-refractivity contribution in [2.75, 3.05) is 5.88 Å². The Morgan fingerprint density at radius 2 is 2.43 bits per heavy atom. The highest BCUT2D eigenvalue weighted by Crippen LogP contribution is 2.46. The monoisotopic (exact) mass is 213 g/mol. The van der Waals surface area contributed by atoms with Gasteiger partial charge in [0, 0.05) is 11.8 Å². The number of hydrogen-bond acceptors (Lipinski definition) is 2. The molecule has 0 aromatic heterocycles. The van der Waals surface area contributed by atoms with E-state index in [9.17, 15) is 5.11 Å². The first kappa shape index (κ1) is 11.6. The zero-order valence-electron chi connectivity index (χ0n) is 8.46. The minimum absolute atomic E-state index is 0.00752. The summed E-state index contributed by atoms with van der Waals surface area (Å²) in [4.78, 5) is 0. The topological polar surface area (TPSA) is 44.0 Å². The second kappa shape index (κ2) is 4.33. The van der Waals surface area contributed by atoms with Crippen LogP contribution in [0.5, 0.6) is 0 Å². The summed E-state index contributed by atoms with van der Waals surface area (Å²) in [6.45, 7) is 5.61. The molecule has 1 saturated carbocycles. The van der Waals surface area contributed by atoms with Gasteiger partial charge in [-0.15, -0.1) is 11.6 Å². The Bertz CT molecular complexity index is 267. The molecule has 1 aliphatic rings. The third kappa shape index (κ3) is 2.29. The Hall–Kier alpha value is -0.520. The molecule has 1 rings (SSSR count). The van der Waals surface area contributed by atoms with Gasteiger partial charge in [0.15, 0.2) is 0 Å². The van der Waals surface area contributed by atoms with E-state index in [1.54, 1.807) is 6.92 Å². The van der Waals surface area contributed by atoms with E-state index >= 15 is 0 Å². The van der Waals surface area contributed by atoms with Crippen LogP contribution in [0, 0.1) is 23.2 Å². The van der Waals surface area contributed by atoms with E-state index in [4.69, 9.17) is 16.9 Å². The molecule has 1 aliphatic carbocycles. The van der Waals surface area contributed by atoms with Gasteiger partial charge in [0.2, 0.25) is 0 Å². The number of rotatable bonds is 4. The van der Waals surface area contributed by atoms with Crippen LogP contribution in [0.1, 0.15) is 26.2 Å². The molecular weight excluding hydrogens is 198 g/mol. The van der Waals surface area contributed by atoms with Crippen molar-refractivity contribution >= 4 is 11.6 Å². The van der Waals surface area contributed by atoms with E-state index < -0.39 is 5.60 Å². The lowest BCUT2D eigenvalue weighted by Crippen LogP contribution is -2.51. The van der Waals surface area contributed by atoms with E-state index in [-0.39, 0.29) is 11.8 Å². The van der Waals surface area contributed by atoms with Gasteiger partial charge in [0.1, 0.15) is 0 Å². The van der Waals surface area contributed by atoms with Crippen LogP contribution in [-0.4, -0.2) is 16.6 Å². The molecule has 0 radical (unpaired) electrons. The van der Waals surface area contributed by atoms with Gasteiger partial charge in [-0.05, 0) is 26.2 Å².